The molecule has 4 heteroatoms. The SMILES string of the molecule is CCCCCCCCCC/C=C\CCCCCCCCCCCCCCCCCC(=O)NC(CO)C(O)/C=C/CCCCCCCCCCCCCC. The second-order valence-electron chi connectivity index (χ2n) is 16.5. The zero-order valence-corrected chi connectivity index (χ0v) is 36.1. The standard InChI is InChI=1S/C49H95NO3/c1-3-5-7-9-11-13-15-17-19-20-21-22-23-24-25-26-27-28-29-30-31-33-35-37-39-41-43-45-49(53)50-47(46-51)48(52)44-42-40-38-36-34-32-18-16-14-12-10-8-6-4-2/h20-21,42,44,47-48,51-52H,3-19,22-41,43,45-46H2,1-2H3,(H,50,53)/b21-20-,44-42+. The molecule has 314 valence electrons. The Bertz CT molecular complexity index is 765. The molecular formula is C49H95NO3. The smallest absolute Gasteiger partial charge is 0.220 e. The van der Waals surface area contributed by atoms with E-state index in [9.17, 15) is 15.0 Å². The van der Waals surface area contributed by atoms with Crippen molar-refractivity contribution >= 4 is 5.91 Å². The van der Waals surface area contributed by atoms with E-state index in [0.29, 0.717) is 6.42 Å². The number of carbonyl (C=O) groups excluding carboxylic acids is 1. The van der Waals surface area contributed by atoms with Gasteiger partial charge in [0.2, 0.25) is 5.91 Å². The van der Waals surface area contributed by atoms with Gasteiger partial charge in [0.1, 0.15) is 0 Å². The zero-order valence-electron chi connectivity index (χ0n) is 36.1. The highest BCUT2D eigenvalue weighted by Crippen LogP contribution is 2.16. The lowest BCUT2D eigenvalue weighted by atomic mass is 10.0. The first-order chi connectivity index (χ1) is 26.2. The first-order valence-corrected chi connectivity index (χ1v) is 24.1. The molecule has 2 unspecified atom stereocenters. The van der Waals surface area contributed by atoms with Crippen LogP contribution in [0.2, 0.25) is 0 Å². The summed E-state index contributed by atoms with van der Waals surface area (Å²) in [6, 6.07) is -0.618. The predicted molar refractivity (Wildman–Crippen MR) is 235 cm³/mol. The van der Waals surface area contributed by atoms with Crippen LogP contribution in [-0.2, 0) is 4.79 Å². The monoisotopic (exact) mass is 746 g/mol. The third-order valence-electron chi connectivity index (χ3n) is 11.2. The number of aliphatic hydroxyl groups is 2. The van der Waals surface area contributed by atoms with Crippen molar-refractivity contribution in [1.82, 2.24) is 5.32 Å². The number of hydrogen-bond acceptors (Lipinski definition) is 3. The average Bonchev–Trinajstić information content (AvgIpc) is 3.16. The maximum Gasteiger partial charge on any atom is 0.220 e. The minimum atomic E-state index is -0.835. The molecule has 3 N–H and O–H groups in total. The summed E-state index contributed by atoms with van der Waals surface area (Å²) in [4.78, 5) is 12.4. The van der Waals surface area contributed by atoms with Crippen LogP contribution in [0, 0.1) is 0 Å². The van der Waals surface area contributed by atoms with Gasteiger partial charge in [-0.05, 0) is 44.9 Å². The molecule has 0 bridgehead atoms. The van der Waals surface area contributed by atoms with Crippen LogP contribution in [0.4, 0.5) is 0 Å². The van der Waals surface area contributed by atoms with Crippen molar-refractivity contribution in [3.05, 3.63) is 24.3 Å². The largest absolute Gasteiger partial charge is 0.394 e. The van der Waals surface area contributed by atoms with Crippen molar-refractivity contribution < 1.29 is 15.0 Å². The maximum absolute atomic E-state index is 12.4. The van der Waals surface area contributed by atoms with E-state index < -0.39 is 12.1 Å². The lowest BCUT2D eigenvalue weighted by molar-refractivity contribution is -0.123. The van der Waals surface area contributed by atoms with E-state index in [-0.39, 0.29) is 12.5 Å². The minimum Gasteiger partial charge on any atom is -0.394 e. The number of hydrogen-bond donors (Lipinski definition) is 3. The number of carbonyl (C=O) groups is 1. The Kier molecular flexibility index (Phi) is 44.3. The fourth-order valence-electron chi connectivity index (χ4n) is 7.47. The lowest BCUT2D eigenvalue weighted by Gasteiger charge is -2.20. The number of allylic oxidation sites excluding steroid dienone is 3. The molecule has 53 heavy (non-hydrogen) atoms. The third kappa shape index (κ3) is 41.9. The Balaban J connectivity index is 3.47. The number of amides is 1. The molecule has 0 saturated heterocycles. The maximum atomic E-state index is 12.4. The van der Waals surface area contributed by atoms with E-state index in [1.165, 1.54) is 218 Å². The van der Waals surface area contributed by atoms with Crippen LogP contribution >= 0.6 is 0 Å². The van der Waals surface area contributed by atoms with Gasteiger partial charge in [-0.2, -0.15) is 0 Å². The molecule has 1 amide bonds. The molecule has 0 saturated carbocycles. The molecule has 0 spiro atoms. The summed E-state index contributed by atoms with van der Waals surface area (Å²) in [5.74, 6) is -0.0609. The van der Waals surface area contributed by atoms with E-state index in [4.69, 9.17) is 0 Å². The van der Waals surface area contributed by atoms with Gasteiger partial charge in [0, 0.05) is 6.42 Å². The van der Waals surface area contributed by atoms with E-state index in [1.807, 2.05) is 6.08 Å². The second-order valence-corrected chi connectivity index (χ2v) is 16.5. The Morgan fingerprint density at radius 1 is 0.434 bits per heavy atom. The zero-order chi connectivity index (χ0) is 38.6. The first-order valence-electron chi connectivity index (χ1n) is 24.1. The molecule has 0 aliphatic heterocycles. The third-order valence-corrected chi connectivity index (χ3v) is 11.2. The lowest BCUT2D eigenvalue weighted by Crippen LogP contribution is -2.45. The quantitative estimate of drug-likeness (QED) is 0.0430. The predicted octanol–water partition coefficient (Wildman–Crippen LogP) is 15.2. The van der Waals surface area contributed by atoms with Gasteiger partial charge >= 0.3 is 0 Å². The summed E-state index contributed by atoms with van der Waals surface area (Å²) >= 11 is 0. The highest BCUT2D eigenvalue weighted by atomic mass is 16.3. The van der Waals surface area contributed by atoms with Gasteiger partial charge in [0.25, 0.3) is 0 Å². The highest BCUT2D eigenvalue weighted by Gasteiger charge is 2.18. The van der Waals surface area contributed by atoms with Crippen LogP contribution in [0.15, 0.2) is 24.3 Å². The van der Waals surface area contributed by atoms with E-state index >= 15 is 0 Å². The van der Waals surface area contributed by atoms with Gasteiger partial charge in [0.15, 0.2) is 0 Å². The summed E-state index contributed by atoms with van der Waals surface area (Å²) in [5.41, 5.74) is 0. The molecule has 0 rings (SSSR count). The van der Waals surface area contributed by atoms with Crippen LogP contribution < -0.4 is 5.32 Å². The molecule has 0 fully saturated rings. The van der Waals surface area contributed by atoms with Gasteiger partial charge < -0.3 is 15.5 Å². The number of rotatable bonds is 44. The fraction of sp³-hybridized carbons (Fsp3) is 0.898. The topological polar surface area (TPSA) is 69.6 Å². The first kappa shape index (κ1) is 51.9. The number of nitrogens with one attached hydrogen (secondary N) is 1. The van der Waals surface area contributed by atoms with Crippen molar-refractivity contribution in [2.45, 2.75) is 276 Å². The van der Waals surface area contributed by atoms with Crippen molar-refractivity contribution in [2.75, 3.05) is 6.61 Å². The van der Waals surface area contributed by atoms with Crippen LogP contribution in [0.5, 0.6) is 0 Å². The Morgan fingerprint density at radius 2 is 0.717 bits per heavy atom. The van der Waals surface area contributed by atoms with Crippen molar-refractivity contribution in [3.8, 4) is 0 Å². The Morgan fingerprint density at radius 3 is 1.04 bits per heavy atom. The molecule has 2 atom stereocenters. The van der Waals surface area contributed by atoms with Gasteiger partial charge in [-0.15, -0.1) is 0 Å². The summed E-state index contributed by atoms with van der Waals surface area (Å²) in [6.45, 7) is 4.32. The van der Waals surface area contributed by atoms with Gasteiger partial charge in [-0.25, -0.2) is 0 Å². The fourth-order valence-corrected chi connectivity index (χ4v) is 7.47. The summed E-state index contributed by atoms with van der Waals surface area (Å²) < 4.78 is 0. The number of aliphatic hydroxyl groups excluding tert-OH is 2. The molecule has 4 nitrogen and oxygen atoms in total. The molecule has 0 aromatic carbocycles. The second kappa shape index (κ2) is 45.3. The van der Waals surface area contributed by atoms with Gasteiger partial charge in [-0.1, -0.05) is 237 Å². The van der Waals surface area contributed by atoms with E-state index in [2.05, 4.69) is 31.3 Å². The normalized spacial score (nSPS) is 13.1. The van der Waals surface area contributed by atoms with Crippen molar-refractivity contribution in [1.29, 1.82) is 0 Å². The average molecular weight is 746 g/mol. The van der Waals surface area contributed by atoms with Crippen molar-refractivity contribution in [3.63, 3.8) is 0 Å². The minimum absolute atomic E-state index is 0.0609. The summed E-state index contributed by atoms with van der Waals surface area (Å²) in [6.07, 6.45) is 58.8. The highest BCUT2D eigenvalue weighted by molar-refractivity contribution is 5.76. The molecule has 0 aliphatic rings. The van der Waals surface area contributed by atoms with Crippen molar-refractivity contribution in [2.24, 2.45) is 0 Å². The van der Waals surface area contributed by atoms with Crippen LogP contribution in [-0.4, -0.2) is 34.9 Å². The van der Waals surface area contributed by atoms with Gasteiger partial charge in [0.05, 0.1) is 18.8 Å². The molecule has 0 aromatic heterocycles. The van der Waals surface area contributed by atoms with E-state index in [0.717, 1.165) is 25.7 Å². The molecule has 0 heterocycles. The molecule has 0 aliphatic carbocycles. The van der Waals surface area contributed by atoms with E-state index in [1.54, 1.807) is 6.08 Å². The Labute approximate surface area is 332 Å². The van der Waals surface area contributed by atoms with Gasteiger partial charge in [-0.3, -0.25) is 4.79 Å². The summed E-state index contributed by atoms with van der Waals surface area (Å²) in [5, 5.41) is 23.0. The summed E-state index contributed by atoms with van der Waals surface area (Å²) in [7, 11) is 0. The van der Waals surface area contributed by atoms with Crippen LogP contribution in [0.1, 0.15) is 264 Å². The Hall–Kier alpha value is -1.13. The van der Waals surface area contributed by atoms with Crippen LogP contribution in [0.25, 0.3) is 0 Å². The molecule has 0 radical (unpaired) electrons. The van der Waals surface area contributed by atoms with Crippen LogP contribution in [0.3, 0.4) is 0 Å². The molecular weight excluding hydrogens is 651 g/mol. The molecule has 0 aromatic rings. The number of unbranched alkanes of at least 4 members (excludes halogenated alkanes) is 35.